The zero-order chi connectivity index (χ0) is 18.4. The molecule has 0 aliphatic heterocycles. The van der Waals surface area contributed by atoms with Gasteiger partial charge in [-0.25, -0.2) is 4.98 Å². The van der Waals surface area contributed by atoms with E-state index in [2.05, 4.69) is 20.6 Å². The molecule has 0 bridgehead atoms. The third kappa shape index (κ3) is 4.30. The van der Waals surface area contributed by atoms with Crippen molar-refractivity contribution in [2.24, 2.45) is 0 Å². The summed E-state index contributed by atoms with van der Waals surface area (Å²) >= 11 is 0. The molecule has 0 radical (unpaired) electrons. The minimum Gasteiger partial charge on any atom is -0.347 e. The van der Waals surface area contributed by atoms with Crippen molar-refractivity contribution >= 4 is 17.5 Å². The van der Waals surface area contributed by atoms with Crippen molar-refractivity contribution in [1.29, 1.82) is 0 Å². The molecule has 0 saturated heterocycles. The second kappa shape index (κ2) is 8.02. The van der Waals surface area contributed by atoms with Crippen LogP contribution in [0.2, 0.25) is 0 Å². The predicted molar refractivity (Wildman–Crippen MR) is 98.8 cm³/mol. The number of hydrogen-bond acceptors (Lipinski definition) is 4. The molecule has 0 aliphatic carbocycles. The van der Waals surface area contributed by atoms with Gasteiger partial charge in [0.15, 0.2) is 0 Å². The van der Waals surface area contributed by atoms with E-state index in [1.54, 1.807) is 36.7 Å². The number of carbonyl (C=O) groups is 2. The van der Waals surface area contributed by atoms with E-state index >= 15 is 0 Å². The molecule has 0 unspecified atom stereocenters. The largest absolute Gasteiger partial charge is 0.347 e. The van der Waals surface area contributed by atoms with Crippen molar-refractivity contribution in [1.82, 2.24) is 15.3 Å². The first-order valence-electron chi connectivity index (χ1n) is 8.14. The first kappa shape index (κ1) is 17.3. The summed E-state index contributed by atoms with van der Waals surface area (Å²) in [5, 5.41) is 5.58. The molecule has 2 heterocycles. The fourth-order valence-corrected chi connectivity index (χ4v) is 2.36. The SMILES string of the molecule is Cc1ccccc1NC(=O)c1cccc(C(=O)NCc2cccnc2)n1. The Morgan fingerprint density at radius 2 is 1.69 bits per heavy atom. The average molecular weight is 346 g/mol. The number of nitrogens with zero attached hydrogens (tertiary/aromatic N) is 2. The summed E-state index contributed by atoms with van der Waals surface area (Å²) in [6.07, 6.45) is 3.35. The normalized spacial score (nSPS) is 10.2. The zero-order valence-corrected chi connectivity index (χ0v) is 14.3. The molecule has 26 heavy (non-hydrogen) atoms. The Hall–Kier alpha value is -3.54. The van der Waals surface area contributed by atoms with Crippen LogP contribution in [0.25, 0.3) is 0 Å². The maximum Gasteiger partial charge on any atom is 0.274 e. The van der Waals surface area contributed by atoms with Crippen LogP contribution in [0.1, 0.15) is 32.1 Å². The van der Waals surface area contributed by atoms with Crippen molar-refractivity contribution < 1.29 is 9.59 Å². The molecule has 2 N–H and O–H groups in total. The molecule has 0 aliphatic rings. The number of hydrogen-bond donors (Lipinski definition) is 2. The highest BCUT2D eigenvalue weighted by Crippen LogP contribution is 2.14. The van der Waals surface area contributed by atoms with Gasteiger partial charge in [0.05, 0.1) is 0 Å². The van der Waals surface area contributed by atoms with Crippen LogP contribution >= 0.6 is 0 Å². The second-order valence-electron chi connectivity index (χ2n) is 5.72. The Balaban J connectivity index is 1.68. The van der Waals surface area contributed by atoms with Crippen LogP contribution < -0.4 is 10.6 Å². The zero-order valence-electron chi connectivity index (χ0n) is 14.3. The number of rotatable bonds is 5. The van der Waals surface area contributed by atoms with Crippen molar-refractivity contribution in [3.05, 3.63) is 89.5 Å². The van der Waals surface area contributed by atoms with Crippen molar-refractivity contribution in [2.45, 2.75) is 13.5 Å². The molecule has 0 atom stereocenters. The predicted octanol–water partition coefficient (Wildman–Crippen LogP) is 2.97. The van der Waals surface area contributed by atoms with Gasteiger partial charge < -0.3 is 10.6 Å². The lowest BCUT2D eigenvalue weighted by Crippen LogP contribution is -2.25. The average Bonchev–Trinajstić information content (AvgIpc) is 2.69. The molecule has 6 heteroatoms. The molecule has 1 aromatic carbocycles. The van der Waals surface area contributed by atoms with Crippen molar-refractivity contribution in [3.63, 3.8) is 0 Å². The molecular formula is C20H18N4O2. The maximum absolute atomic E-state index is 12.4. The smallest absolute Gasteiger partial charge is 0.274 e. The monoisotopic (exact) mass is 346 g/mol. The third-order valence-corrected chi connectivity index (χ3v) is 3.78. The van der Waals surface area contributed by atoms with Gasteiger partial charge in [-0.15, -0.1) is 0 Å². The van der Waals surface area contributed by atoms with Crippen LogP contribution in [0.15, 0.2) is 67.0 Å². The third-order valence-electron chi connectivity index (χ3n) is 3.78. The number of amides is 2. The summed E-state index contributed by atoms with van der Waals surface area (Å²) in [6.45, 7) is 2.25. The molecule has 0 fully saturated rings. The van der Waals surface area contributed by atoms with E-state index in [1.807, 2.05) is 37.3 Å². The molecule has 0 saturated carbocycles. The standard InChI is InChI=1S/C20H18N4O2/c1-14-6-2-3-8-16(14)24-20(26)18-10-4-9-17(23-18)19(25)22-13-15-7-5-11-21-12-15/h2-12H,13H2,1H3,(H,22,25)(H,24,26). The summed E-state index contributed by atoms with van der Waals surface area (Å²) < 4.78 is 0. The molecule has 0 spiro atoms. The number of pyridine rings is 2. The van der Waals surface area contributed by atoms with Crippen molar-refractivity contribution in [3.8, 4) is 0 Å². The van der Waals surface area contributed by atoms with Gasteiger partial charge in [0.2, 0.25) is 0 Å². The molecular weight excluding hydrogens is 328 g/mol. The number of benzene rings is 1. The van der Waals surface area contributed by atoms with Crippen LogP contribution in [0.4, 0.5) is 5.69 Å². The summed E-state index contributed by atoms with van der Waals surface area (Å²) in [4.78, 5) is 32.9. The molecule has 6 nitrogen and oxygen atoms in total. The first-order valence-corrected chi connectivity index (χ1v) is 8.14. The van der Waals surface area contributed by atoms with E-state index in [9.17, 15) is 9.59 Å². The molecule has 2 amide bonds. The van der Waals surface area contributed by atoms with E-state index in [0.29, 0.717) is 12.2 Å². The van der Waals surface area contributed by atoms with E-state index in [4.69, 9.17) is 0 Å². The minimum absolute atomic E-state index is 0.183. The second-order valence-corrected chi connectivity index (χ2v) is 5.72. The van der Waals surface area contributed by atoms with E-state index in [-0.39, 0.29) is 23.2 Å². The summed E-state index contributed by atoms with van der Waals surface area (Å²) in [6, 6.07) is 15.9. The summed E-state index contributed by atoms with van der Waals surface area (Å²) in [5.74, 6) is -0.708. The molecule has 3 rings (SSSR count). The van der Waals surface area contributed by atoms with Crippen LogP contribution in [0.5, 0.6) is 0 Å². The van der Waals surface area contributed by atoms with Gasteiger partial charge in [-0.05, 0) is 42.3 Å². The fraction of sp³-hybridized carbons (Fsp3) is 0.100. The number of aromatic nitrogens is 2. The topological polar surface area (TPSA) is 84.0 Å². The summed E-state index contributed by atoms with van der Waals surface area (Å²) in [5.41, 5.74) is 2.92. The lowest BCUT2D eigenvalue weighted by Gasteiger charge is -2.09. The van der Waals surface area contributed by atoms with Gasteiger partial charge in [0, 0.05) is 24.6 Å². The highest BCUT2D eigenvalue weighted by Gasteiger charge is 2.13. The number of para-hydroxylation sites is 1. The molecule has 130 valence electrons. The first-order chi connectivity index (χ1) is 12.6. The van der Waals surface area contributed by atoms with Gasteiger partial charge in [-0.1, -0.05) is 30.3 Å². The van der Waals surface area contributed by atoms with Gasteiger partial charge in [-0.3, -0.25) is 14.6 Å². The number of carbonyl (C=O) groups excluding carboxylic acids is 2. The number of aryl methyl sites for hydroxylation is 1. The highest BCUT2D eigenvalue weighted by atomic mass is 16.2. The number of nitrogens with one attached hydrogen (secondary N) is 2. The van der Waals surface area contributed by atoms with Crippen LogP contribution in [0.3, 0.4) is 0 Å². The van der Waals surface area contributed by atoms with Gasteiger partial charge in [0.25, 0.3) is 11.8 Å². The molecule has 2 aromatic heterocycles. The Morgan fingerprint density at radius 1 is 0.923 bits per heavy atom. The van der Waals surface area contributed by atoms with Gasteiger partial charge >= 0.3 is 0 Å². The van der Waals surface area contributed by atoms with Gasteiger partial charge in [-0.2, -0.15) is 0 Å². The van der Waals surface area contributed by atoms with E-state index in [0.717, 1.165) is 11.1 Å². The Labute approximate surface area is 151 Å². The highest BCUT2D eigenvalue weighted by molar-refractivity contribution is 6.04. The Bertz CT molecular complexity index is 926. The lowest BCUT2D eigenvalue weighted by atomic mass is 10.2. The van der Waals surface area contributed by atoms with Crippen LogP contribution in [-0.4, -0.2) is 21.8 Å². The summed E-state index contributed by atoms with van der Waals surface area (Å²) in [7, 11) is 0. The minimum atomic E-state index is -0.360. The lowest BCUT2D eigenvalue weighted by molar-refractivity contribution is 0.0945. The Morgan fingerprint density at radius 3 is 2.42 bits per heavy atom. The fourth-order valence-electron chi connectivity index (χ4n) is 2.36. The van der Waals surface area contributed by atoms with Crippen LogP contribution in [0, 0.1) is 6.92 Å². The number of anilines is 1. The van der Waals surface area contributed by atoms with Crippen LogP contribution in [-0.2, 0) is 6.54 Å². The molecule has 3 aromatic rings. The van der Waals surface area contributed by atoms with Gasteiger partial charge in [0.1, 0.15) is 11.4 Å². The van der Waals surface area contributed by atoms with E-state index in [1.165, 1.54) is 0 Å². The Kier molecular flexibility index (Phi) is 5.34. The quantitative estimate of drug-likeness (QED) is 0.744. The van der Waals surface area contributed by atoms with Crippen molar-refractivity contribution in [2.75, 3.05) is 5.32 Å². The maximum atomic E-state index is 12.4. The van der Waals surface area contributed by atoms with E-state index < -0.39 is 0 Å².